The Labute approximate surface area is 143 Å². The van der Waals surface area contributed by atoms with Crippen molar-refractivity contribution in [2.45, 2.75) is 19.9 Å². The molecular weight excluding hydrogens is 325 g/mol. The Hall–Kier alpha value is -3.22. The normalized spacial score (nSPS) is 12.0. The molecule has 1 unspecified atom stereocenters. The van der Waals surface area contributed by atoms with Crippen LogP contribution in [-0.4, -0.2) is 16.8 Å². The molecule has 0 fully saturated rings. The maximum atomic E-state index is 13.4. The van der Waals surface area contributed by atoms with E-state index in [4.69, 9.17) is 4.42 Å². The van der Waals surface area contributed by atoms with E-state index in [0.717, 1.165) is 5.56 Å². The van der Waals surface area contributed by atoms with Crippen LogP contribution < -0.4 is 10.6 Å². The number of hydrogen-bond donors (Lipinski definition) is 2. The smallest absolute Gasteiger partial charge is 0.313 e. The maximum Gasteiger partial charge on any atom is 0.313 e. The van der Waals surface area contributed by atoms with E-state index >= 15 is 0 Å². The predicted molar refractivity (Wildman–Crippen MR) is 90.3 cm³/mol. The molecule has 1 aromatic carbocycles. The summed E-state index contributed by atoms with van der Waals surface area (Å²) < 4.78 is 19.1. The first-order valence-corrected chi connectivity index (χ1v) is 7.66. The van der Waals surface area contributed by atoms with Gasteiger partial charge in [0, 0.05) is 17.1 Å². The molecule has 0 bridgehead atoms. The number of halogens is 1. The van der Waals surface area contributed by atoms with Gasteiger partial charge in [-0.1, -0.05) is 0 Å². The summed E-state index contributed by atoms with van der Waals surface area (Å²) in [5.41, 5.74) is 1.66. The van der Waals surface area contributed by atoms with E-state index in [1.807, 2.05) is 0 Å². The molecule has 1 atom stereocenters. The largest absolute Gasteiger partial charge is 0.459 e. The molecule has 7 heteroatoms. The number of furan rings is 1. The Morgan fingerprint density at radius 2 is 2.04 bits per heavy atom. The van der Waals surface area contributed by atoms with Crippen LogP contribution in [0.2, 0.25) is 0 Å². The molecule has 0 radical (unpaired) electrons. The predicted octanol–water partition coefficient (Wildman–Crippen LogP) is 3.09. The van der Waals surface area contributed by atoms with Gasteiger partial charge in [-0.25, -0.2) is 4.39 Å². The van der Waals surface area contributed by atoms with Gasteiger partial charge in [0.05, 0.1) is 17.9 Å². The number of carbonyl (C=O) groups excluding carboxylic acids is 2. The number of rotatable bonds is 3. The number of anilines is 1. The second-order valence-electron chi connectivity index (χ2n) is 5.62. The first kappa shape index (κ1) is 16.6. The van der Waals surface area contributed by atoms with Crippen LogP contribution in [0.5, 0.6) is 0 Å². The van der Waals surface area contributed by atoms with Crippen molar-refractivity contribution < 1.29 is 18.4 Å². The van der Waals surface area contributed by atoms with E-state index < -0.39 is 17.9 Å². The third-order valence-corrected chi connectivity index (χ3v) is 3.80. The lowest BCUT2D eigenvalue weighted by Crippen LogP contribution is -2.37. The fraction of sp³-hybridized carbons (Fsp3) is 0.167. The minimum absolute atomic E-state index is 0.365. The topological polar surface area (TPSA) is 84.2 Å². The number of benzene rings is 1. The molecule has 3 rings (SSSR count). The molecule has 2 heterocycles. The van der Waals surface area contributed by atoms with Gasteiger partial charge in [-0.15, -0.1) is 0 Å². The van der Waals surface area contributed by atoms with Crippen molar-refractivity contribution in [2.75, 3.05) is 5.32 Å². The molecule has 2 amide bonds. The lowest BCUT2D eigenvalue weighted by Gasteiger charge is -2.12. The number of aromatic nitrogens is 1. The van der Waals surface area contributed by atoms with Gasteiger partial charge in [0.1, 0.15) is 17.2 Å². The fourth-order valence-corrected chi connectivity index (χ4v) is 2.58. The molecule has 2 aromatic heterocycles. The van der Waals surface area contributed by atoms with Gasteiger partial charge < -0.3 is 15.1 Å². The van der Waals surface area contributed by atoms with Crippen molar-refractivity contribution in [3.8, 4) is 0 Å². The molecule has 0 aliphatic heterocycles. The molecule has 0 saturated carbocycles. The van der Waals surface area contributed by atoms with Crippen molar-refractivity contribution in [2.24, 2.45) is 0 Å². The minimum atomic E-state index is -0.806. The third-order valence-electron chi connectivity index (χ3n) is 3.80. The second kappa shape index (κ2) is 6.72. The number of pyridine rings is 1. The van der Waals surface area contributed by atoms with E-state index in [-0.39, 0.29) is 5.82 Å². The molecule has 6 nitrogen and oxygen atoms in total. The Morgan fingerprint density at radius 1 is 1.24 bits per heavy atom. The van der Waals surface area contributed by atoms with Crippen molar-refractivity contribution in [1.29, 1.82) is 0 Å². The van der Waals surface area contributed by atoms with Gasteiger partial charge in [-0.3, -0.25) is 14.6 Å². The average molecular weight is 341 g/mol. The summed E-state index contributed by atoms with van der Waals surface area (Å²) in [6.07, 6.45) is 3.00. The standard InChI is InChI=1S/C18H16FN3O3/c1-10-14-8-12(19)5-6-15(14)25-16(10)11(2)21-17(23)18(24)22-13-4-3-7-20-9-13/h3-9,11H,1-2H3,(H,21,23)(H,22,24). The number of aryl methyl sites for hydroxylation is 1. The Bertz CT molecular complexity index is 937. The van der Waals surface area contributed by atoms with Crippen LogP contribution in [0.3, 0.4) is 0 Å². The number of carbonyl (C=O) groups is 2. The summed E-state index contributed by atoms with van der Waals surface area (Å²) >= 11 is 0. The summed E-state index contributed by atoms with van der Waals surface area (Å²) in [4.78, 5) is 27.9. The Morgan fingerprint density at radius 3 is 2.76 bits per heavy atom. The molecule has 3 aromatic rings. The van der Waals surface area contributed by atoms with E-state index in [1.165, 1.54) is 24.4 Å². The zero-order chi connectivity index (χ0) is 18.0. The summed E-state index contributed by atoms with van der Waals surface area (Å²) in [6.45, 7) is 3.47. The molecule has 25 heavy (non-hydrogen) atoms. The number of nitrogens with one attached hydrogen (secondary N) is 2. The molecule has 0 aliphatic carbocycles. The number of hydrogen-bond acceptors (Lipinski definition) is 4. The van der Waals surface area contributed by atoms with Crippen LogP contribution in [0.4, 0.5) is 10.1 Å². The van der Waals surface area contributed by atoms with Crippen molar-refractivity contribution >= 4 is 28.5 Å². The Kier molecular flexibility index (Phi) is 4.47. The average Bonchev–Trinajstić information content (AvgIpc) is 2.92. The molecule has 2 N–H and O–H groups in total. The van der Waals surface area contributed by atoms with E-state index in [9.17, 15) is 14.0 Å². The quantitative estimate of drug-likeness (QED) is 0.717. The first-order chi connectivity index (χ1) is 12.0. The van der Waals surface area contributed by atoms with Gasteiger partial charge in [0.2, 0.25) is 0 Å². The Balaban J connectivity index is 1.73. The van der Waals surface area contributed by atoms with Crippen LogP contribution in [0.25, 0.3) is 11.0 Å². The van der Waals surface area contributed by atoms with E-state index in [1.54, 1.807) is 32.2 Å². The number of fused-ring (bicyclic) bond motifs is 1. The van der Waals surface area contributed by atoms with Crippen LogP contribution in [0.1, 0.15) is 24.3 Å². The first-order valence-electron chi connectivity index (χ1n) is 7.66. The lowest BCUT2D eigenvalue weighted by atomic mass is 10.1. The summed E-state index contributed by atoms with van der Waals surface area (Å²) in [5.74, 6) is -1.50. The molecule has 0 aliphatic rings. The van der Waals surface area contributed by atoms with Crippen molar-refractivity contribution in [3.63, 3.8) is 0 Å². The summed E-state index contributed by atoms with van der Waals surface area (Å²) in [6, 6.07) is 6.93. The number of nitrogens with zero attached hydrogens (tertiary/aromatic N) is 1. The fourth-order valence-electron chi connectivity index (χ4n) is 2.58. The second-order valence-corrected chi connectivity index (χ2v) is 5.62. The van der Waals surface area contributed by atoms with Gasteiger partial charge in [-0.2, -0.15) is 0 Å². The highest BCUT2D eigenvalue weighted by molar-refractivity contribution is 6.39. The monoisotopic (exact) mass is 341 g/mol. The van der Waals surface area contributed by atoms with E-state index in [0.29, 0.717) is 22.4 Å². The third kappa shape index (κ3) is 3.50. The highest BCUT2D eigenvalue weighted by atomic mass is 19.1. The molecular formula is C18H16FN3O3. The molecule has 0 saturated heterocycles. The van der Waals surface area contributed by atoms with Gasteiger partial charge in [0.15, 0.2) is 0 Å². The maximum absolute atomic E-state index is 13.4. The van der Waals surface area contributed by atoms with Crippen LogP contribution in [0.15, 0.2) is 47.1 Å². The van der Waals surface area contributed by atoms with Crippen molar-refractivity contribution in [3.05, 3.63) is 59.9 Å². The number of amides is 2. The molecule has 128 valence electrons. The van der Waals surface area contributed by atoms with Gasteiger partial charge >= 0.3 is 11.8 Å². The van der Waals surface area contributed by atoms with Crippen LogP contribution in [-0.2, 0) is 9.59 Å². The van der Waals surface area contributed by atoms with Gasteiger partial charge in [0.25, 0.3) is 0 Å². The van der Waals surface area contributed by atoms with Gasteiger partial charge in [-0.05, 0) is 44.2 Å². The highest BCUT2D eigenvalue weighted by Gasteiger charge is 2.22. The lowest BCUT2D eigenvalue weighted by molar-refractivity contribution is -0.136. The molecule has 0 spiro atoms. The van der Waals surface area contributed by atoms with E-state index in [2.05, 4.69) is 15.6 Å². The highest BCUT2D eigenvalue weighted by Crippen LogP contribution is 2.29. The summed E-state index contributed by atoms with van der Waals surface area (Å²) in [7, 11) is 0. The van der Waals surface area contributed by atoms with Crippen LogP contribution >= 0.6 is 0 Å². The SMILES string of the molecule is Cc1c(C(C)NC(=O)C(=O)Nc2cccnc2)oc2ccc(F)cc12. The zero-order valence-electron chi connectivity index (χ0n) is 13.7. The van der Waals surface area contributed by atoms with Crippen molar-refractivity contribution in [1.82, 2.24) is 10.3 Å². The zero-order valence-corrected chi connectivity index (χ0v) is 13.7. The van der Waals surface area contributed by atoms with Crippen LogP contribution in [0, 0.1) is 12.7 Å². The minimum Gasteiger partial charge on any atom is -0.459 e. The summed E-state index contributed by atoms with van der Waals surface area (Å²) in [5, 5.41) is 5.66.